The Morgan fingerprint density at radius 1 is 1.10 bits per heavy atom. The highest BCUT2D eigenvalue weighted by atomic mass is 32.2. The molecule has 0 unspecified atom stereocenters. The molecule has 2 N–H and O–H groups in total. The van der Waals surface area contributed by atoms with Gasteiger partial charge >= 0.3 is 0 Å². The number of nitrogens with two attached hydrogens (primary N) is 1. The van der Waals surface area contributed by atoms with E-state index in [4.69, 9.17) is 21.8 Å². The van der Waals surface area contributed by atoms with Crippen LogP contribution in [0, 0.1) is 0 Å². The predicted octanol–water partition coefficient (Wildman–Crippen LogP) is 4.13. The number of benzene rings is 1. The Morgan fingerprint density at radius 2 is 1.79 bits per heavy atom. The summed E-state index contributed by atoms with van der Waals surface area (Å²) in [6.07, 6.45) is 7.19. The molecule has 6 nitrogen and oxygen atoms in total. The number of hydrogen-bond donors (Lipinski definition) is 1. The lowest BCUT2D eigenvalue weighted by molar-refractivity contribution is -0.124. The number of hydrogen-bond acceptors (Lipinski definition) is 6. The van der Waals surface area contributed by atoms with E-state index in [1.165, 1.54) is 30.3 Å². The number of carbonyl (C=O) groups is 1. The fourth-order valence-corrected chi connectivity index (χ4v) is 5.55. The maximum Gasteiger partial charge on any atom is 0.266 e. The monoisotopic (exact) mass is 448 g/mol. The molecule has 1 saturated carbocycles. The normalized spacial score (nSPS) is 20.0. The number of amides is 1. The van der Waals surface area contributed by atoms with Crippen molar-refractivity contribution in [1.29, 1.82) is 0 Å². The van der Waals surface area contributed by atoms with E-state index in [9.17, 15) is 13.2 Å². The Hall–Kier alpha value is -1.94. The first-order valence-corrected chi connectivity index (χ1v) is 12.1. The van der Waals surface area contributed by atoms with Gasteiger partial charge in [-0.1, -0.05) is 43.2 Å². The summed E-state index contributed by atoms with van der Waals surface area (Å²) in [5.41, 5.74) is 0.715. The summed E-state index contributed by atoms with van der Waals surface area (Å²) in [7, 11) is -3.74. The van der Waals surface area contributed by atoms with Gasteiger partial charge in [-0.25, -0.2) is 13.6 Å². The third kappa shape index (κ3) is 4.32. The molecule has 0 bridgehead atoms. The molecule has 29 heavy (non-hydrogen) atoms. The fraction of sp³-hybridized carbons (Fsp3) is 0.300. The largest absolute Gasteiger partial charge is 0.457 e. The van der Waals surface area contributed by atoms with Gasteiger partial charge in [-0.2, -0.15) is 0 Å². The molecule has 4 rings (SSSR count). The van der Waals surface area contributed by atoms with Gasteiger partial charge in [0.1, 0.15) is 15.8 Å². The number of rotatable bonds is 4. The van der Waals surface area contributed by atoms with Crippen LogP contribution in [0.5, 0.6) is 0 Å². The standard InChI is InChI=1S/C20H20N2O4S3/c21-29(24,25)16-9-6-13(7-10-16)17-11-8-15(26-17)12-18-19(23)22(20(27)28-18)14-4-2-1-3-5-14/h6-12,14H,1-5H2,(H2,21,24,25)/b18-12-. The molecule has 0 spiro atoms. The minimum Gasteiger partial charge on any atom is -0.457 e. The quantitative estimate of drug-likeness (QED) is 0.558. The predicted molar refractivity (Wildman–Crippen MR) is 117 cm³/mol. The van der Waals surface area contributed by atoms with Crippen molar-refractivity contribution in [2.45, 2.75) is 43.0 Å². The molecule has 1 aromatic heterocycles. The lowest BCUT2D eigenvalue weighted by Crippen LogP contribution is -2.39. The highest BCUT2D eigenvalue weighted by Gasteiger charge is 2.37. The molecule has 152 valence electrons. The van der Waals surface area contributed by atoms with Gasteiger partial charge in [-0.3, -0.25) is 9.69 Å². The van der Waals surface area contributed by atoms with E-state index < -0.39 is 10.0 Å². The number of primary sulfonamides is 1. The van der Waals surface area contributed by atoms with Crippen LogP contribution in [0.3, 0.4) is 0 Å². The van der Waals surface area contributed by atoms with Crippen molar-refractivity contribution in [2.75, 3.05) is 0 Å². The minimum absolute atomic E-state index is 0.0411. The smallest absolute Gasteiger partial charge is 0.266 e. The second-order valence-corrected chi connectivity index (χ2v) is 10.4. The van der Waals surface area contributed by atoms with Crippen LogP contribution in [0.25, 0.3) is 17.4 Å². The molecule has 2 fully saturated rings. The number of nitrogens with zero attached hydrogens (tertiary/aromatic N) is 1. The number of furan rings is 1. The zero-order chi connectivity index (χ0) is 20.6. The highest BCUT2D eigenvalue weighted by molar-refractivity contribution is 8.26. The van der Waals surface area contributed by atoms with E-state index >= 15 is 0 Å². The lowest BCUT2D eigenvalue weighted by Gasteiger charge is -2.29. The Balaban J connectivity index is 1.53. The van der Waals surface area contributed by atoms with Gasteiger partial charge in [0.2, 0.25) is 10.0 Å². The summed E-state index contributed by atoms with van der Waals surface area (Å²) in [5.74, 6) is 1.06. The van der Waals surface area contributed by atoms with Gasteiger partial charge < -0.3 is 4.42 Å². The van der Waals surface area contributed by atoms with Crippen LogP contribution in [-0.2, 0) is 14.8 Å². The molecule has 1 amide bonds. The van der Waals surface area contributed by atoms with E-state index in [1.54, 1.807) is 35.2 Å². The molecular weight excluding hydrogens is 428 g/mol. The van der Waals surface area contributed by atoms with Gasteiger partial charge in [-0.15, -0.1) is 0 Å². The average Bonchev–Trinajstić information content (AvgIpc) is 3.27. The van der Waals surface area contributed by atoms with Crippen molar-refractivity contribution in [2.24, 2.45) is 5.14 Å². The van der Waals surface area contributed by atoms with Crippen molar-refractivity contribution >= 4 is 50.3 Å². The molecule has 9 heteroatoms. The topological polar surface area (TPSA) is 93.6 Å². The first-order valence-electron chi connectivity index (χ1n) is 9.33. The van der Waals surface area contributed by atoms with Gasteiger partial charge in [-0.05, 0) is 49.2 Å². The minimum atomic E-state index is -3.74. The Bertz CT molecular complexity index is 1080. The van der Waals surface area contributed by atoms with Crippen molar-refractivity contribution < 1.29 is 17.6 Å². The summed E-state index contributed by atoms with van der Waals surface area (Å²) >= 11 is 6.76. The number of carbonyl (C=O) groups excluding carboxylic acids is 1. The summed E-state index contributed by atoms with van der Waals surface area (Å²) < 4.78 is 29.2. The molecule has 2 heterocycles. The molecule has 1 aromatic carbocycles. The van der Waals surface area contributed by atoms with Crippen LogP contribution in [0.15, 0.2) is 50.6 Å². The molecule has 0 radical (unpaired) electrons. The van der Waals surface area contributed by atoms with Crippen molar-refractivity contribution in [3.63, 3.8) is 0 Å². The molecule has 0 atom stereocenters. The lowest BCUT2D eigenvalue weighted by atomic mass is 9.94. The third-order valence-electron chi connectivity index (χ3n) is 5.13. The summed E-state index contributed by atoms with van der Waals surface area (Å²) in [5, 5.41) is 5.12. The number of sulfonamides is 1. The summed E-state index contributed by atoms with van der Waals surface area (Å²) in [6.45, 7) is 0. The summed E-state index contributed by atoms with van der Waals surface area (Å²) in [6, 6.07) is 9.88. The van der Waals surface area contributed by atoms with Crippen LogP contribution < -0.4 is 5.14 Å². The van der Waals surface area contributed by atoms with E-state index in [-0.39, 0.29) is 16.8 Å². The van der Waals surface area contributed by atoms with E-state index in [0.29, 0.717) is 26.3 Å². The molecule has 1 aliphatic carbocycles. The zero-order valence-electron chi connectivity index (χ0n) is 15.5. The first kappa shape index (κ1) is 20.3. The Labute approximate surface area is 179 Å². The van der Waals surface area contributed by atoms with E-state index in [0.717, 1.165) is 25.7 Å². The molecule has 2 aromatic rings. The second-order valence-electron chi connectivity index (χ2n) is 7.11. The third-order valence-corrected chi connectivity index (χ3v) is 7.39. The van der Waals surface area contributed by atoms with Crippen molar-refractivity contribution in [3.8, 4) is 11.3 Å². The van der Waals surface area contributed by atoms with E-state index in [2.05, 4.69) is 0 Å². The van der Waals surface area contributed by atoms with Gasteiger partial charge in [0, 0.05) is 17.7 Å². The van der Waals surface area contributed by atoms with Crippen LogP contribution in [-0.4, -0.2) is 29.6 Å². The molecule has 2 aliphatic rings. The first-order chi connectivity index (χ1) is 13.8. The fourth-order valence-electron chi connectivity index (χ4n) is 3.66. The van der Waals surface area contributed by atoms with Crippen molar-refractivity contribution in [3.05, 3.63) is 47.1 Å². The summed E-state index contributed by atoms with van der Waals surface area (Å²) in [4.78, 5) is 15.2. The van der Waals surface area contributed by atoms with Crippen LogP contribution in [0.2, 0.25) is 0 Å². The molecule has 1 aliphatic heterocycles. The SMILES string of the molecule is NS(=O)(=O)c1ccc(-c2ccc(/C=C3\SC(=S)N(C4CCCCC4)C3=O)o2)cc1. The van der Waals surface area contributed by atoms with Gasteiger partial charge in [0.05, 0.1) is 9.80 Å². The van der Waals surface area contributed by atoms with Gasteiger partial charge in [0.25, 0.3) is 5.91 Å². The maximum atomic E-state index is 12.9. The Morgan fingerprint density at radius 3 is 2.45 bits per heavy atom. The molecular formula is C20H20N2O4S3. The van der Waals surface area contributed by atoms with Crippen molar-refractivity contribution in [1.82, 2.24) is 4.90 Å². The highest BCUT2D eigenvalue weighted by Crippen LogP contribution is 2.37. The zero-order valence-corrected chi connectivity index (χ0v) is 18.0. The average molecular weight is 449 g/mol. The van der Waals surface area contributed by atoms with Gasteiger partial charge in [0.15, 0.2) is 0 Å². The van der Waals surface area contributed by atoms with Crippen LogP contribution >= 0.6 is 24.0 Å². The van der Waals surface area contributed by atoms with E-state index in [1.807, 2.05) is 0 Å². The maximum absolute atomic E-state index is 12.9. The number of thioether (sulfide) groups is 1. The van der Waals surface area contributed by atoms with Crippen LogP contribution in [0.1, 0.15) is 37.9 Å². The Kier molecular flexibility index (Phi) is 5.65. The van der Waals surface area contributed by atoms with Crippen LogP contribution in [0.4, 0.5) is 0 Å². The molecule has 1 saturated heterocycles. The number of thiocarbonyl (C=S) groups is 1. The second kappa shape index (κ2) is 8.06.